The molecule has 164 valence electrons. The van der Waals surface area contributed by atoms with Crippen molar-refractivity contribution in [3.05, 3.63) is 65.2 Å². The number of rotatable bonds is 5. The highest BCUT2D eigenvalue weighted by Gasteiger charge is 2.30. The number of para-hydroxylation sites is 1. The predicted octanol–water partition coefficient (Wildman–Crippen LogP) is 3.35. The van der Waals surface area contributed by atoms with Gasteiger partial charge >= 0.3 is 12.1 Å². The minimum absolute atomic E-state index is 0.0325. The van der Waals surface area contributed by atoms with Crippen molar-refractivity contribution in [1.29, 1.82) is 0 Å². The number of alkyl halides is 3. The highest BCUT2D eigenvalue weighted by Crippen LogP contribution is 2.29. The first-order valence-electron chi connectivity index (χ1n) is 9.71. The van der Waals surface area contributed by atoms with Gasteiger partial charge in [-0.2, -0.15) is 13.2 Å². The van der Waals surface area contributed by atoms with E-state index in [0.717, 1.165) is 48.4 Å². The molecule has 0 saturated carbocycles. The highest BCUT2D eigenvalue weighted by atomic mass is 19.4. The van der Waals surface area contributed by atoms with Crippen molar-refractivity contribution in [2.24, 2.45) is 0 Å². The molecule has 1 aliphatic rings. The number of fused-ring (bicyclic) bond motifs is 1. The monoisotopic (exact) mass is 434 g/mol. The lowest BCUT2D eigenvalue weighted by molar-refractivity contribution is -0.152. The van der Waals surface area contributed by atoms with Crippen LogP contribution in [0.5, 0.6) is 0 Å². The summed E-state index contributed by atoms with van der Waals surface area (Å²) in [5.74, 6) is -1.92. The van der Waals surface area contributed by atoms with Crippen LogP contribution < -0.4 is 10.2 Å². The number of esters is 1. The van der Waals surface area contributed by atoms with E-state index in [0.29, 0.717) is 6.54 Å². The van der Waals surface area contributed by atoms with Gasteiger partial charge in [-0.1, -0.05) is 18.2 Å². The van der Waals surface area contributed by atoms with E-state index in [4.69, 9.17) is 4.74 Å². The molecule has 0 radical (unpaired) electrons. The standard InChI is InChI=1S/C22H21F3N2O4/c1-14(21(30)27-12-4-6-15-5-2-3-7-18(15)27)31-19(28)13-26-20(29)16-8-10-17(11-9-16)22(23,24)25/h2-3,5,7-11,14H,4,6,12-13H2,1H3,(H,26,29). The maximum absolute atomic E-state index is 12.7. The summed E-state index contributed by atoms with van der Waals surface area (Å²) in [6.07, 6.45) is -3.89. The molecule has 0 bridgehead atoms. The van der Waals surface area contributed by atoms with E-state index in [1.807, 2.05) is 24.3 Å². The van der Waals surface area contributed by atoms with Crippen LogP contribution in [0.25, 0.3) is 0 Å². The first-order chi connectivity index (χ1) is 14.7. The molecule has 31 heavy (non-hydrogen) atoms. The van der Waals surface area contributed by atoms with Gasteiger partial charge < -0.3 is 15.0 Å². The van der Waals surface area contributed by atoms with E-state index in [9.17, 15) is 27.6 Å². The van der Waals surface area contributed by atoms with Gasteiger partial charge in [0.1, 0.15) is 6.54 Å². The number of amides is 2. The Bertz CT molecular complexity index is 973. The maximum atomic E-state index is 12.7. The Hall–Kier alpha value is -3.36. The Labute approximate surface area is 177 Å². The molecule has 0 fully saturated rings. The van der Waals surface area contributed by atoms with Crippen LogP contribution in [-0.2, 0) is 26.9 Å². The van der Waals surface area contributed by atoms with Gasteiger partial charge in [0, 0.05) is 17.8 Å². The first kappa shape index (κ1) is 22.3. The van der Waals surface area contributed by atoms with Crippen molar-refractivity contribution >= 4 is 23.5 Å². The van der Waals surface area contributed by atoms with E-state index in [1.54, 1.807) is 4.90 Å². The fourth-order valence-corrected chi connectivity index (χ4v) is 3.34. The molecule has 0 aromatic heterocycles. The molecule has 0 spiro atoms. The number of halogens is 3. The van der Waals surface area contributed by atoms with E-state index >= 15 is 0 Å². The number of anilines is 1. The normalized spacial score (nSPS) is 14.4. The largest absolute Gasteiger partial charge is 0.451 e. The second-order valence-corrected chi connectivity index (χ2v) is 7.11. The Balaban J connectivity index is 1.52. The molecular formula is C22H21F3N2O4. The Morgan fingerprint density at radius 1 is 1.10 bits per heavy atom. The summed E-state index contributed by atoms with van der Waals surface area (Å²) >= 11 is 0. The molecule has 2 amide bonds. The second kappa shape index (κ2) is 9.20. The first-order valence-corrected chi connectivity index (χ1v) is 9.71. The van der Waals surface area contributed by atoms with Crippen LogP contribution >= 0.6 is 0 Å². The molecular weight excluding hydrogens is 413 g/mol. The molecule has 6 nitrogen and oxygen atoms in total. The fraction of sp³-hybridized carbons (Fsp3) is 0.318. The van der Waals surface area contributed by atoms with Crippen LogP contribution in [-0.4, -0.2) is 37.0 Å². The van der Waals surface area contributed by atoms with Crippen molar-refractivity contribution in [2.75, 3.05) is 18.0 Å². The third-order valence-corrected chi connectivity index (χ3v) is 4.90. The molecule has 2 aromatic carbocycles. The third kappa shape index (κ3) is 5.42. The molecule has 9 heteroatoms. The quantitative estimate of drug-likeness (QED) is 0.733. The topological polar surface area (TPSA) is 75.7 Å². The average Bonchev–Trinajstić information content (AvgIpc) is 2.76. The number of carbonyl (C=O) groups excluding carboxylic acids is 3. The van der Waals surface area contributed by atoms with Gasteiger partial charge in [0.15, 0.2) is 6.10 Å². The fourth-order valence-electron chi connectivity index (χ4n) is 3.34. The van der Waals surface area contributed by atoms with Gasteiger partial charge in [0.05, 0.1) is 5.56 Å². The number of benzene rings is 2. The molecule has 2 aromatic rings. The SMILES string of the molecule is CC(OC(=O)CNC(=O)c1ccc(C(F)(F)F)cc1)C(=O)N1CCCc2ccccc21. The van der Waals surface area contributed by atoms with Crippen molar-refractivity contribution in [2.45, 2.75) is 32.0 Å². The number of hydrogen-bond acceptors (Lipinski definition) is 4. The molecule has 0 saturated heterocycles. The van der Waals surface area contributed by atoms with E-state index < -0.39 is 36.3 Å². The van der Waals surface area contributed by atoms with Crippen LogP contribution in [0.3, 0.4) is 0 Å². The number of ether oxygens (including phenoxy) is 1. The number of nitrogens with zero attached hydrogens (tertiary/aromatic N) is 1. The number of hydrogen-bond donors (Lipinski definition) is 1. The number of carbonyl (C=O) groups is 3. The molecule has 1 atom stereocenters. The van der Waals surface area contributed by atoms with Crippen molar-refractivity contribution in [1.82, 2.24) is 5.32 Å². The third-order valence-electron chi connectivity index (χ3n) is 4.90. The zero-order valence-corrected chi connectivity index (χ0v) is 16.7. The lowest BCUT2D eigenvalue weighted by Gasteiger charge is -2.31. The zero-order valence-electron chi connectivity index (χ0n) is 16.7. The van der Waals surface area contributed by atoms with Crippen LogP contribution in [0.4, 0.5) is 18.9 Å². The van der Waals surface area contributed by atoms with Gasteiger partial charge in [-0.25, -0.2) is 0 Å². The Morgan fingerprint density at radius 2 is 1.77 bits per heavy atom. The van der Waals surface area contributed by atoms with E-state index in [2.05, 4.69) is 5.32 Å². The molecule has 1 unspecified atom stereocenters. The minimum atomic E-state index is -4.50. The summed E-state index contributed by atoms with van der Waals surface area (Å²) in [7, 11) is 0. The van der Waals surface area contributed by atoms with Crippen molar-refractivity contribution < 1.29 is 32.3 Å². The van der Waals surface area contributed by atoms with Crippen LogP contribution in [0.2, 0.25) is 0 Å². The zero-order chi connectivity index (χ0) is 22.6. The smallest absolute Gasteiger partial charge is 0.416 e. The second-order valence-electron chi connectivity index (χ2n) is 7.11. The molecule has 0 aliphatic carbocycles. The minimum Gasteiger partial charge on any atom is -0.451 e. The molecule has 1 N–H and O–H groups in total. The molecule has 3 rings (SSSR count). The van der Waals surface area contributed by atoms with Gasteiger partial charge in [0.25, 0.3) is 11.8 Å². The number of aryl methyl sites for hydroxylation is 1. The van der Waals surface area contributed by atoms with Crippen molar-refractivity contribution in [3.63, 3.8) is 0 Å². The van der Waals surface area contributed by atoms with Crippen LogP contribution in [0.1, 0.15) is 34.8 Å². The summed E-state index contributed by atoms with van der Waals surface area (Å²) in [6, 6.07) is 11.1. The van der Waals surface area contributed by atoms with Gasteiger partial charge in [-0.15, -0.1) is 0 Å². The summed E-state index contributed by atoms with van der Waals surface area (Å²) < 4.78 is 42.9. The van der Waals surface area contributed by atoms with Crippen LogP contribution in [0, 0.1) is 0 Å². The predicted molar refractivity (Wildman–Crippen MR) is 106 cm³/mol. The van der Waals surface area contributed by atoms with Crippen LogP contribution in [0.15, 0.2) is 48.5 Å². The highest BCUT2D eigenvalue weighted by molar-refractivity contribution is 5.99. The summed E-state index contributed by atoms with van der Waals surface area (Å²) in [5, 5.41) is 2.28. The lowest BCUT2D eigenvalue weighted by Crippen LogP contribution is -2.43. The van der Waals surface area contributed by atoms with E-state index in [-0.39, 0.29) is 11.5 Å². The van der Waals surface area contributed by atoms with E-state index in [1.165, 1.54) is 6.92 Å². The van der Waals surface area contributed by atoms with Gasteiger partial charge in [-0.05, 0) is 55.7 Å². The molecule has 1 heterocycles. The Morgan fingerprint density at radius 3 is 2.45 bits per heavy atom. The summed E-state index contributed by atoms with van der Waals surface area (Å²) in [6.45, 7) is 1.45. The van der Waals surface area contributed by atoms with Crippen molar-refractivity contribution in [3.8, 4) is 0 Å². The summed E-state index contributed by atoms with van der Waals surface area (Å²) in [5.41, 5.74) is 0.923. The van der Waals surface area contributed by atoms with Gasteiger partial charge in [-0.3, -0.25) is 14.4 Å². The van der Waals surface area contributed by atoms with Gasteiger partial charge in [0.2, 0.25) is 0 Å². The molecule has 1 aliphatic heterocycles. The lowest BCUT2D eigenvalue weighted by atomic mass is 10.0. The summed E-state index contributed by atoms with van der Waals surface area (Å²) in [4.78, 5) is 38.4. The number of nitrogens with one attached hydrogen (secondary N) is 1. The average molecular weight is 434 g/mol. The maximum Gasteiger partial charge on any atom is 0.416 e. The Kier molecular flexibility index (Phi) is 6.62.